The zero-order valence-corrected chi connectivity index (χ0v) is 9.18. The molecule has 0 aliphatic carbocycles. The van der Waals surface area contributed by atoms with Crippen molar-refractivity contribution in [1.82, 2.24) is 0 Å². The molecule has 0 saturated heterocycles. The second kappa shape index (κ2) is 4.76. The van der Waals surface area contributed by atoms with E-state index in [1.54, 1.807) is 26.1 Å². The highest BCUT2D eigenvalue weighted by Crippen LogP contribution is 2.14. The molecule has 1 rings (SSSR count). The lowest BCUT2D eigenvalue weighted by molar-refractivity contribution is -0.119. The predicted octanol–water partition coefficient (Wildman–Crippen LogP) is 0.695. The van der Waals surface area contributed by atoms with E-state index in [4.69, 9.17) is 10.8 Å². The number of benzene rings is 1. The molecule has 0 fully saturated rings. The number of amides is 1. The molecule has 0 unspecified atom stereocenters. The van der Waals surface area contributed by atoms with E-state index in [2.05, 4.69) is 0 Å². The van der Waals surface area contributed by atoms with Crippen LogP contribution in [-0.4, -0.2) is 30.1 Å². The molecule has 16 heavy (non-hydrogen) atoms. The molecule has 0 radical (unpaired) electrons. The van der Waals surface area contributed by atoms with E-state index in [-0.39, 0.29) is 11.5 Å². The Bertz CT molecular complexity index is 398. The van der Waals surface area contributed by atoms with E-state index < -0.39 is 12.0 Å². The normalized spacial score (nSPS) is 11.9. The summed E-state index contributed by atoms with van der Waals surface area (Å²) in [6.45, 7) is 1.60. The molecule has 0 bridgehead atoms. The number of carboxylic acids is 1. The highest BCUT2D eigenvalue weighted by Gasteiger charge is 2.15. The van der Waals surface area contributed by atoms with Gasteiger partial charge in [-0.2, -0.15) is 0 Å². The Morgan fingerprint density at radius 2 is 1.81 bits per heavy atom. The molecule has 1 amide bonds. The zero-order chi connectivity index (χ0) is 12.3. The maximum absolute atomic E-state index is 11.5. The Kier molecular flexibility index (Phi) is 3.63. The summed E-state index contributed by atoms with van der Waals surface area (Å²) in [5.74, 6) is -1.21. The van der Waals surface area contributed by atoms with Crippen LogP contribution in [0.3, 0.4) is 0 Å². The number of anilines is 1. The molecule has 0 aliphatic rings. The van der Waals surface area contributed by atoms with Crippen LogP contribution in [0.15, 0.2) is 24.3 Å². The van der Waals surface area contributed by atoms with Gasteiger partial charge in [-0.3, -0.25) is 4.79 Å². The lowest BCUT2D eigenvalue weighted by Gasteiger charge is -2.19. The van der Waals surface area contributed by atoms with Gasteiger partial charge in [0.25, 0.3) is 0 Å². The molecule has 3 N–H and O–H groups in total. The van der Waals surface area contributed by atoms with Gasteiger partial charge in [0, 0.05) is 12.7 Å². The van der Waals surface area contributed by atoms with Crippen LogP contribution in [0.4, 0.5) is 5.69 Å². The average Bonchev–Trinajstić information content (AvgIpc) is 2.27. The third-order valence-corrected chi connectivity index (χ3v) is 2.22. The fourth-order valence-electron chi connectivity index (χ4n) is 1.26. The van der Waals surface area contributed by atoms with Crippen molar-refractivity contribution in [2.75, 3.05) is 11.9 Å². The minimum absolute atomic E-state index is 0.186. The Balaban J connectivity index is 2.89. The van der Waals surface area contributed by atoms with Crippen LogP contribution in [0, 0.1) is 0 Å². The van der Waals surface area contributed by atoms with E-state index in [0.29, 0.717) is 5.69 Å². The molecule has 86 valence electrons. The van der Waals surface area contributed by atoms with Crippen molar-refractivity contribution in [3.63, 3.8) is 0 Å². The van der Waals surface area contributed by atoms with Crippen LogP contribution in [0.2, 0.25) is 0 Å². The highest BCUT2D eigenvalue weighted by molar-refractivity contribution is 5.96. The van der Waals surface area contributed by atoms with Gasteiger partial charge < -0.3 is 15.7 Å². The van der Waals surface area contributed by atoms with Crippen LogP contribution in [0.5, 0.6) is 0 Å². The number of carboxylic acid groups (broad SMARTS) is 1. The Hall–Kier alpha value is -1.88. The fourth-order valence-corrected chi connectivity index (χ4v) is 1.26. The van der Waals surface area contributed by atoms with Crippen molar-refractivity contribution < 1.29 is 14.7 Å². The van der Waals surface area contributed by atoms with Gasteiger partial charge in [0.05, 0.1) is 11.6 Å². The van der Waals surface area contributed by atoms with Crippen LogP contribution < -0.4 is 10.6 Å². The van der Waals surface area contributed by atoms with Crippen molar-refractivity contribution in [2.24, 2.45) is 5.73 Å². The number of carbonyl (C=O) groups excluding carboxylic acids is 1. The van der Waals surface area contributed by atoms with Crippen LogP contribution in [0.1, 0.15) is 17.3 Å². The summed E-state index contributed by atoms with van der Waals surface area (Å²) in [7, 11) is 1.60. The number of nitrogens with two attached hydrogens (primary N) is 1. The molecule has 0 aliphatic heterocycles. The van der Waals surface area contributed by atoms with Crippen molar-refractivity contribution in [3.05, 3.63) is 29.8 Å². The minimum atomic E-state index is -0.993. The first-order valence-electron chi connectivity index (χ1n) is 4.80. The lowest BCUT2D eigenvalue weighted by Crippen LogP contribution is -2.39. The second-order valence-electron chi connectivity index (χ2n) is 3.54. The summed E-state index contributed by atoms with van der Waals surface area (Å²) < 4.78 is 0. The fraction of sp³-hybridized carbons (Fsp3) is 0.273. The van der Waals surface area contributed by atoms with E-state index >= 15 is 0 Å². The van der Waals surface area contributed by atoms with Gasteiger partial charge in [-0.1, -0.05) is 0 Å². The van der Waals surface area contributed by atoms with Gasteiger partial charge in [0.1, 0.15) is 0 Å². The van der Waals surface area contributed by atoms with Gasteiger partial charge in [0.15, 0.2) is 0 Å². The van der Waals surface area contributed by atoms with Gasteiger partial charge >= 0.3 is 5.97 Å². The Labute approximate surface area is 93.5 Å². The first-order chi connectivity index (χ1) is 7.43. The number of likely N-dealkylation sites (N-methyl/N-ethyl adjacent to an activating group) is 1. The highest BCUT2D eigenvalue weighted by atomic mass is 16.4. The number of hydrogen-bond donors (Lipinski definition) is 2. The van der Waals surface area contributed by atoms with Crippen molar-refractivity contribution >= 4 is 17.6 Å². The van der Waals surface area contributed by atoms with Gasteiger partial charge in [-0.15, -0.1) is 0 Å². The average molecular weight is 222 g/mol. The van der Waals surface area contributed by atoms with Gasteiger partial charge in [-0.05, 0) is 31.2 Å². The molecule has 1 atom stereocenters. The number of hydrogen-bond acceptors (Lipinski definition) is 3. The van der Waals surface area contributed by atoms with E-state index in [0.717, 1.165) is 0 Å². The van der Waals surface area contributed by atoms with Crippen molar-refractivity contribution in [2.45, 2.75) is 13.0 Å². The lowest BCUT2D eigenvalue weighted by atomic mass is 10.2. The Morgan fingerprint density at radius 1 is 1.31 bits per heavy atom. The van der Waals surface area contributed by atoms with Crippen molar-refractivity contribution in [1.29, 1.82) is 0 Å². The largest absolute Gasteiger partial charge is 0.478 e. The maximum Gasteiger partial charge on any atom is 0.335 e. The molecule has 5 nitrogen and oxygen atoms in total. The van der Waals surface area contributed by atoms with Crippen LogP contribution in [-0.2, 0) is 4.79 Å². The molecule has 0 heterocycles. The van der Waals surface area contributed by atoms with E-state index in [9.17, 15) is 9.59 Å². The molecule has 5 heteroatoms. The number of carbonyl (C=O) groups is 2. The smallest absolute Gasteiger partial charge is 0.335 e. The molecule has 0 aromatic heterocycles. The van der Waals surface area contributed by atoms with Gasteiger partial charge in [0.2, 0.25) is 5.91 Å². The quantitative estimate of drug-likeness (QED) is 0.788. The zero-order valence-electron chi connectivity index (χ0n) is 9.18. The topological polar surface area (TPSA) is 83.6 Å². The number of nitrogens with zero attached hydrogens (tertiary/aromatic N) is 1. The summed E-state index contributed by atoms with van der Waals surface area (Å²) in [6.07, 6.45) is 0. The number of aromatic carboxylic acids is 1. The first kappa shape index (κ1) is 12.2. The van der Waals surface area contributed by atoms with Crippen LogP contribution in [0.25, 0.3) is 0 Å². The SMILES string of the molecule is C[C@H](N)C(=O)N(C)c1ccc(C(=O)O)cc1. The van der Waals surface area contributed by atoms with E-state index in [1.807, 2.05) is 0 Å². The first-order valence-corrected chi connectivity index (χ1v) is 4.80. The molecule has 0 saturated carbocycles. The summed E-state index contributed by atoms with van der Waals surface area (Å²) in [4.78, 5) is 23.6. The summed E-state index contributed by atoms with van der Waals surface area (Å²) in [6, 6.07) is 5.46. The van der Waals surface area contributed by atoms with Gasteiger partial charge in [-0.25, -0.2) is 4.79 Å². The summed E-state index contributed by atoms with van der Waals surface area (Å²) in [5.41, 5.74) is 6.27. The predicted molar refractivity (Wildman–Crippen MR) is 60.5 cm³/mol. The molecular formula is C11H14N2O3. The molecular weight excluding hydrogens is 208 g/mol. The maximum atomic E-state index is 11.5. The number of rotatable bonds is 3. The second-order valence-corrected chi connectivity index (χ2v) is 3.54. The van der Waals surface area contributed by atoms with E-state index in [1.165, 1.54) is 17.0 Å². The molecule has 1 aromatic carbocycles. The monoisotopic (exact) mass is 222 g/mol. The molecule has 0 spiro atoms. The van der Waals surface area contributed by atoms with Crippen LogP contribution >= 0.6 is 0 Å². The molecule has 1 aromatic rings. The third kappa shape index (κ3) is 2.58. The summed E-state index contributed by atoms with van der Waals surface area (Å²) >= 11 is 0. The summed E-state index contributed by atoms with van der Waals surface area (Å²) in [5, 5.41) is 8.71. The Morgan fingerprint density at radius 3 is 2.19 bits per heavy atom. The third-order valence-electron chi connectivity index (χ3n) is 2.22. The standard InChI is InChI=1S/C11H14N2O3/c1-7(12)10(14)13(2)9-5-3-8(4-6-9)11(15)16/h3-7H,12H2,1-2H3,(H,15,16)/t7-/m0/s1. The van der Waals surface area contributed by atoms with Crippen molar-refractivity contribution in [3.8, 4) is 0 Å². The minimum Gasteiger partial charge on any atom is -0.478 e.